The van der Waals surface area contributed by atoms with Crippen molar-refractivity contribution < 1.29 is 14.6 Å². The van der Waals surface area contributed by atoms with E-state index in [1.54, 1.807) is 6.20 Å². The Morgan fingerprint density at radius 1 is 1.11 bits per heavy atom. The van der Waals surface area contributed by atoms with Crippen LogP contribution in [0.5, 0.6) is 0 Å². The van der Waals surface area contributed by atoms with E-state index in [2.05, 4.69) is 45.5 Å². The molecule has 3 unspecified atom stereocenters. The Morgan fingerprint density at radius 2 is 1.87 bits per heavy atom. The summed E-state index contributed by atoms with van der Waals surface area (Å²) in [6.07, 6.45) is 11.6. The van der Waals surface area contributed by atoms with Crippen molar-refractivity contribution in [2.24, 2.45) is 18.9 Å². The molecule has 11 heteroatoms. The first-order chi connectivity index (χ1) is 18.6. The minimum absolute atomic E-state index is 0.311. The third-order valence-electron chi connectivity index (χ3n) is 7.83. The van der Waals surface area contributed by atoms with Gasteiger partial charge in [0.1, 0.15) is 6.23 Å². The van der Waals surface area contributed by atoms with Crippen molar-refractivity contribution in [3.63, 3.8) is 0 Å². The number of allylic oxidation sites excluding steroid dienone is 4. The van der Waals surface area contributed by atoms with Gasteiger partial charge < -0.3 is 29.4 Å². The van der Waals surface area contributed by atoms with Crippen LogP contribution in [0.3, 0.4) is 0 Å². The van der Waals surface area contributed by atoms with E-state index in [4.69, 9.17) is 14.5 Å². The van der Waals surface area contributed by atoms with Crippen LogP contribution in [0.2, 0.25) is 0 Å². The zero-order chi connectivity index (χ0) is 26.1. The molecule has 1 aliphatic carbocycles. The molecule has 0 bridgehead atoms. The third-order valence-corrected chi connectivity index (χ3v) is 7.83. The second-order valence-corrected chi connectivity index (χ2v) is 10.2. The fourth-order valence-electron chi connectivity index (χ4n) is 5.57. The van der Waals surface area contributed by atoms with Crippen LogP contribution in [0.1, 0.15) is 18.8 Å². The summed E-state index contributed by atoms with van der Waals surface area (Å²) in [6, 6.07) is 1.94. The maximum absolute atomic E-state index is 10.9. The van der Waals surface area contributed by atoms with Crippen molar-refractivity contribution in [2.75, 3.05) is 57.9 Å². The second kappa shape index (κ2) is 10.9. The van der Waals surface area contributed by atoms with E-state index in [0.717, 1.165) is 55.3 Å². The molecule has 2 N–H and O–H groups in total. The lowest BCUT2D eigenvalue weighted by atomic mass is 9.86. The standard InChI is InChI=1S/C27H36N8O3/c1-19-20(4-3-5-23(19)33-6-10-37-11-7-33)17-35-25-21(16-29-35)15-28-27(31-25)30-22-14-24(32(2)18-22)26(36)34-8-12-38-13-9-34/h3-5,14-16,18-20,26,36H,6-13,17H2,1-2H3,(H,28,30,31). The number of fused-ring (bicyclic) bond motifs is 1. The van der Waals surface area contributed by atoms with Crippen molar-refractivity contribution in [1.82, 2.24) is 34.1 Å². The predicted octanol–water partition coefficient (Wildman–Crippen LogP) is 2.27. The molecule has 202 valence electrons. The summed E-state index contributed by atoms with van der Waals surface area (Å²) < 4.78 is 14.9. The lowest BCUT2D eigenvalue weighted by Crippen LogP contribution is -2.39. The van der Waals surface area contributed by atoms with Crippen LogP contribution >= 0.6 is 0 Å². The highest BCUT2D eigenvalue weighted by atomic mass is 16.5. The van der Waals surface area contributed by atoms with Gasteiger partial charge in [0.2, 0.25) is 5.95 Å². The van der Waals surface area contributed by atoms with Gasteiger partial charge in [0.15, 0.2) is 5.65 Å². The number of rotatable bonds is 7. The van der Waals surface area contributed by atoms with Crippen LogP contribution in [-0.2, 0) is 23.1 Å². The monoisotopic (exact) mass is 520 g/mol. The van der Waals surface area contributed by atoms with Gasteiger partial charge in [-0.15, -0.1) is 0 Å². The van der Waals surface area contributed by atoms with E-state index in [-0.39, 0.29) is 0 Å². The van der Waals surface area contributed by atoms with Gasteiger partial charge in [0, 0.05) is 63.2 Å². The average molecular weight is 521 g/mol. The largest absolute Gasteiger partial charge is 0.379 e. The first-order valence-corrected chi connectivity index (χ1v) is 13.4. The summed E-state index contributed by atoms with van der Waals surface area (Å²) in [5, 5.41) is 19.8. The topological polar surface area (TPSA) is 106 Å². The number of aliphatic hydroxyl groups excluding tert-OH is 1. The van der Waals surface area contributed by atoms with Crippen LogP contribution in [-0.4, -0.2) is 91.8 Å². The van der Waals surface area contributed by atoms with E-state index in [0.29, 0.717) is 44.1 Å². The summed E-state index contributed by atoms with van der Waals surface area (Å²) in [6.45, 7) is 9.15. The zero-order valence-electron chi connectivity index (χ0n) is 22.0. The number of nitrogens with one attached hydrogen (secondary N) is 1. The normalized spacial score (nSPS) is 23.6. The minimum Gasteiger partial charge on any atom is -0.379 e. The molecule has 11 nitrogen and oxygen atoms in total. The molecule has 5 heterocycles. The molecule has 0 radical (unpaired) electrons. The summed E-state index contributed by atoms with van der Waals surface area (Å²) in [5.41, 5.74) is 3.80. The highest BCUT2D eigenvalue weighted by Crippen LogP contribution is 2.31. The highest BCUT2D eigenvalue weighted by molar-refractivity contribution is 5.75. The number of morpholine rings is 2. The van der Waals surface area contributed by atoms with Gasteiger partial charge in [-0.05, 0) is 12.1 Å². The second-order valence-electron chi connectivity index (χ2n) is 10.2. The molecular formula is C27H36N8O3. The lowest BCUT2D eigenvalue weighted by Gasteiger charge is -2.37. The van der Waals surface area contributed by atoms with Crippen molar-refractivity contribution in [1.29, 1.82) is 0 Å². The van der Waals surface area contributed by atoms with Gasteiger partial charge in [-0.25, -0.2) is 9.67 Å². The Balaban J connectivity index is 1.17. The third kappa shape index (κ3) is 5.06. The summed E-state index contributed by atoms with van der Waals surface area (Å²) >= 11 is 0. The van der Waals surface area contributed by atoms with E-state index in [9.17, 15) is 5.11 Å². The maximum atomic E-state index is 10.9. The van der Waals surface area contributed by atoms with Crippen LogP contribution in [0.25, 0.3) is 11.0 Å². The number of anilines is 2. The maximum Gasteiger partial charge on any atom is 0.229 e. The molecule has 0 amide bonds. The summed E-state index contributed by atoms with van der Waals surface area (Å²) in [7, 11) is 1.93. The first-order valence-electron chi connectivity index (χ1n) is 13.4. The van der Waals surface area contributed by atoms with Gasteiger partial charge >= 0.3 is 0 Å². The number of nitrogens with zero attached hydrogens (tertiary/aromatic N) is 7. The molecule has 38 heavy (non-hydrogen) atoms. The van der Waals surface area contributed by atoms with E-state index in [1.807, 2.05) is 39.7 Å². The van der Waals surface area contributed by atoms with Gasteiger partial charge in [0.05, 0.1) is 55.9 Å². The number of hydrogen-bond acceptors (Lipinski definition) is 9. The van der Waals surface area contributed by atoms with Gasteiger partial charge in [0.25, 0.3) is 0 Å². The molecule has 0 aromatic carbocycles. The first kappa shape index (κ1) is 25.1. The number of aromatic nitrogens is 5. The quantitative estimate of drug-likeness (QED) is 0.485. The number of ether oxygens (including phenoxy) is 2. The van der Waals surface area contributed by atoms with Crippen molar-refractivity contribution in [3.8, 4) is 0 Å². The van der Waals surface area contributed by atoms with Crippen LogP contribution in [0.15, 0.2) is 48.6 Å². The molecule has 2 aliphatic heterocycles. The number of hydrogen-bond donors (Lipinski definition) is 2. The van der Waals surface area contributed by atoms with E-state index in [1.165, 1.54) is 5.70 Å². The molecule has 3 aliphatic rings. The molecule has 0 saturated carbocycles. The molecule has 3 aromatic heterocycles. The average Bonchev–Trinajstić information content (AvgIpc) is 3.52. The number of aliphatic hydroxyl groups is 1. The van der Waals surface area contributed by atoms with Gasteiger partial charge in [-0.3, -0.25) is 4.90 Å². The molecule has 2 saturated heterocycles. The van der Waals surface area contributed by atoms with E-state index >= 15 is 0 Å². The van der Waals surface area contributed by atoms with Crippen LogP contribution in [0, 0.1) is 11.8 Å². The highest BCUT2D eigenvalue weighted by Gasteiger charge is 2.27. The van der Waals surface area contributed by atoms with Crippen molar-refractivity contribution >= 4 is 22.7 Å². The summed E-state index contributed by atoms with van der Waals surface area (Å²) in [5.74, 6) is 1.18. The van der Waals surface area contributed by atoms with Crippen LogP contribution < -0.4 is 5.32 Å². The van der Waals surface area contributed by atoms with Gasteiger partial charge in [-0.1, -0.05) is 19.1 Å². The molecule has 3 aromatic rings. The Hall–Kier alpha value is -3.25. The molecule has 6 rings (SSSR count). The fourth-order valence-corrected chi connectivity index (χ4v) is 5.57. The van der Waals surface area contributed by atoms with E-state index < -0.39 is 6.23 Å². The number of aryl methyl sites for hydroxylation is 1. The molecule has 3 atom stereocenters. The van der Waals surface area contributed by atoms with Crippen LogP contribution in [0.4, 0.5) is 11.6 Å². The Bertz CT molecular complexity index is 1320. The Labute approximate surface area is 222 Å². The van der Waals surface area contributed by atoms with Gasteiger partial charge in [-0.2, -0.15) is 10.1 Å². The predicted molar refractivity (Wildman–Crippen MR) is 144 cm³/mol. The smallest absolute Gasteiger partial charge is 0.229 e. The Morgan fingerprint density at radius 3 is 2.66 bits per heavy atom. The van der Waals surface area contributed by atoms with Crippen molar-refractivity contribution in [3.05, 3.63) is 54.3 Å². The molecule has 2 fully saturated rings. The fraction of sp³-hybridized carbons (Fsp3) is 0.519. The summed E-state index contributed by atoms with van der Waals surface area (Å²) in [4.78, 5) is 13.8. The van der Waals surface area contributed by atoms with Crippen molar-refractivity contribution in [2.45, 2.75) is 19.7 Å². The zero-order valence-corrected chi connectivity index (χ0v) is 22.0. The minimum atomic E-state index is -0.689. The Kier molecular flexibility index (Phi) is 7.16. The molecular weight excluding hydrogens is 484 g/mol. The molecule has 0 spiro atoms. The SMILES string of the molecule is CC1C(N2CCOCC2)=CC=CC1Cn1ncc2cnc(Nc3cc(C(O)N4CCOCC4)n(C)c3)nc21. The lowest BCUT2D eigenvalue weighted by molar-refractivity contribution is -0.0633.